The second-order valence-corrected chi connectivity index (χ2v) is 7.41. The molecule has 0 bridgehead atoms. The van der Waals surface area contributed by atoms with E-state index in [1.54, 1.807) is 12.4 Å². The van der Waals surface area contributed by atoms with Gasteiger partial charge in [0.2, 0.25) is 5.91 Å². The van der Waals surface area contributed by atoms with Crippen molar-refractivity contribution in [2.45, 2.75) is 57.4 Å². The molecular weight excluding hydrogens is 288 g/mol. The van der Waals surface area contributed by atoms with E-state index in [9.17, 15) is 4.79 Å². The number of amides is 1. The number of rotatable bonds is 2. The maximum absolute atomic E-state index is 13.3. The van der Waals surface area contributed by atoms with E-state index in [-0.39, 0.29) is 5.41 Å². The average molecular weight is 314 g/mol. The van der Waals surface area contributed by atoms with Crippen LogP contribution in [0, 0.1) is 5.41 Å². The fourth-order valence-corrected chi connectivity index (χ4v) is 4.74. The summed E-state index contributed by atoms with van der Waals surface area (Å²) in [7, 11) is 0. The molecule has 1 atom stereocenters. The molecule has 1 aliphatic carbocycles. The Kier molecular flexibility index (Phi) is 3.95. The first-order valence-corrected chi connectivity index (χ1v) is 9.11. The molecule has 2 saturated heterocycles. The van der Waals surface area contributed by atoms with Crippen molar-refractivity contribution in [3.63, 3.8) is 0 Å². The molecule has 3 aliphatic rings. The molecule has 1 amide bonds. The predicted octanol–water partition coefficient (Wildman–Crippen LogP) is 2.63. The van der Waals surface area contributed by atoms with Crippen molar-refractivity contribution in [3.05, 3.63) is 18.6 Å². The van der Waals surface area contributed by atoms with Crippen LogP contribution in [0.1, 0.15) is 51.4 Å². The van der Waals surface area contributed by atoms with E-state index in [4.69, 9.17) is 0 Å². The lowest BCUT2D eigenvalue weighted by Crippen LogP contribution is -2.54. The topological polar surface area (TPSA) is 49.3 Å². The molecule has 1 aromatic rings. The fraction of sp³-hybridized carbons (Fsp3) is 0.722. The van der Waals surface area contributed by atoms with E-state index >= 15 is 0 Å². The number of hydrogen-bond acceptors (Lipinski definition) is 4. The van der Waals surface area contributed by atoms with Crippen molar-refractivity contribution in [3.8, 4) is 0 Å². The minimum Gasteiger partial charge on any atom is -0.354 e. The molecule has 124 valence electrons. The van der Waals surface area contributed by atoms with Crippen LogP contribution in [0.25, 0.3) is 0 Å². The lowest BCUT2D eigenvalue weighted by Gasteiger charge is -2.44. The Morgan fingerprint density at radius 1 is 1.04 bits per heavy atom. The number of nitrogens with zero attached hydrogens (tertiary/aromatic N) is 4. The Labute approximate surface area is 138 Å². The highest BCUT2D eigenvalue weighted by Gasteiger charge is 2.49. The van der Waals surface area contributed by atoms with Crippen molar-refractivity contribution in [2.75, 3.05) is 24.5 Å². The molecular formula is C18H26N4O. The van der Waals surface area contributed by atoms with Gasteiger partial charge in [-0.3, -0.25) is 9.78 Å². The molecule has 4 rings (SSSR count). The Balaban J connectivity index is 1.50. The number of likely N-dealkylation sites (tertiary alicyclic amines) is 1. The van der Waals surface area contributed by atoms with Gasteiger partial charge in [0.05, 0.1) is 11.6 Å². The summed E-state index contributed by atoms with van der Waals surface area (Å²) in [5.41, 5.74) is -0.173. The van der Waals surface area contributed by atoms with Crippen LogP contribution in [0.5, 0.6) is 0 Å². The zero-order valence-electron chi connectivity index (χ0n) is 13.8. The third-order valence-corrected chi connectivity index (χ3v) is 6.01. The van der Waals surface area contributed by atoms with Crippen molar-refractivity contribution in [2.24, 2.45) is 5.41 Å². The summed E-state index contributed by atoms with van der Waals surface area (Å²) in [6.07, 6.45) is 14.7. The van der Waals surface area contributed by atoms with Gasteiger partial charge in [-0.05, 0) is 32.1 Å². The predicted molar refractivity (Wildman–Crippen MR) is 89.1 cm³/mol. The van der Waals surface area contributed by atoms with Gasteiger partial charge in [0.1, 0.15) is 5.82 Å². The first kappa shape index (κ1) is 14.9. The second-order valence-electron chi connectivity index (χ2n) is 7.41. The maximum atomic E-state index is 13.3. The number of aromatic nitrogens is 2. The van der Waals surface area contributed by atoms with Crippen molar-refractivity contribution in [1.82, 2.24) is 14.9 Å². The molecule has 3 fully saturated rings. The van der Waals surface area contributed by atoms with Crippen LogP contribution in [-0.4, -0.2) is 46.5 Å². The largest absolute Gasteiger partial charge is 0.354 e. The molecule has 5 heteroatoms. The van der Waals surface area contributed by atoms with Crippen LogP contribution in [0.2, 0.25) is 0 Å². The van der Waals surface area contributed by atoms with Crippen LogP contribution in [0.3, 0.4) is 0 Å². The fourth-order valence-electron chi connectivity index (χ4n) is 4.74. The van der Waals surface area contributed by atoms with Crippen molar-refractivity contribution >= 4 is 11.7 Å². The van der Waals surface area contributed by atoms with E-state index in [0.29, 0.717) is 11.9 Å². The van der Waals surface area contributed by atoms with E-state index in [2.05, 4.69) is 19.8 Å². The SMILES string of the molecule is O=C1N(C2CCCCC2)CCCC12CCN(c1cnccn1)C2. The Morgan fingerprint density at radius 2 is 1.91 bits per heavy atom. The molecule has 5 nitrogen and oxygen atoms in total. The highest BCUT2D eigenvalue weighted by molar-refractivity contribution is 5.85. The molecule has 1 aromatic heterocycles. The van der Waals surface area contributed by atoms with Gasteiger partial charge in [0.25, 0.3) is 0 Å². The average Bonchev–Trinajstić information content (AvgIpc) is 3.04. The number of carbonyl (C=O) groups is 1. The van der Waals surface area contributed by atoms with Crippen LogP contribution >= 0.6 is 0 Å². The van der Waals surface area contributed by atoms with Crippen molar-refractivity contribution in [1.29, 1.82) is 0 Å². The Morgan fingerprint density at radius 3 is 2.70 bits per heavy atom. The first-order valence-electron chi connectivity index (χ1n) is 9.11. The summed E-state index contributed by atoms with van der Waals surface area (Å²) in [5, 5.41) is 0. The zero-order chi connectivity index (χ0) is 15.7. The molecule has 3 heterocycles. The zero-order valence-corrected chi connectivity index (χ0v) is 13.8. The highest BCUT2D eigenvalue weighted by atomic mass is 16.2. The van der Waals surface area contributed by atoms with E-state index in [0.717, 1.165) is 44.7 Å². The second kappa shape index (κ2) is 6.10. The van der Waals surface area contributed by atoms with E-state index < -0.39 is 0 Å². The van der Waals surface area contributed by atoms with Crippen LogP contribution < -0.4 is 4.90 Å². The molecule has 2 aliphatic heterocycles. The quantitative estimate of drug-likeness (QED) is 0.842. The highest BCUT2D eigenvalue weighted by Crippen LogP contribution is 2.42. The lowest BCUT2D eigenvalue weighted by atomic mass is 9.77. The van der Waals surface area contributed by atoms with Gasteiger partial charge < -0.3 is 9.80 Å². The summed E-state index contributed by atoms with van der Waals surface area (Å²) >= 11 is 0. The molecule has 0 radical (unpaired) electrons. The van der Waals surface area contributed by atoms with Crippen molar-refractivity contribution < 1.29 is 4.79 Å². The van der Waals surface area contributed by atoms with Gasteiger partial charge in [-0.2, -0.15) is 0 Å². The normalized spacial score (nSPS) is 29.5. The van der Waals surface area contributed by atoms with Crippen LogP contribution in [0.4, 0.5) is 5.82 Å². The monoisotopic (exact) mass is 314 g/mol. The smallest absolute Gasteiger partial charge is 0.230 e. The molecule has 1 unspecified atom stereocenters. The van der Waals surface area contributed by atoms with Gasteiger partial charge in [-0.1, -0.05) is 19.3 Å². The number of piperidine rings is 1. The maximum Gasteiger partial charge on any atom is 0.230 e. The summed E-state index contributed by atoms with van der Waals surface area (Å²) < 4.78 is 0. The summed E-state index contributed by atoms with van der Waals surface area (Å²) in [6, 6.07) is 0.499. The first-order chi connectivity index (χ1) is 11.3. The van der Waals surface area contributed by atoms with Gasteiger partial charge in [0.15, 0.2) is 0 Å². The third-order valence-electron chi connectivity index (χ3n) is 6.01. The summed E-state index contributed by atoms with van der Waals surface area (Å²) in [5.74, 6) is 1.33. The minimum atomic E-state index is -0.173. The molecule has 23 heavy (non-hydrogen) atoms. The minimum absolute atomic E-state index is 0.173. The standard InChI is InChI=1S/C18H26N4O/c23-17-18(7-4-11-22(17)15-5-2-1-3-6-15)8-12-21(14-18)16-13-19-9-10-20-16/h9-10,13,15H,1-8,11-12,14H2. The Hall–Kier alpha value is -1.65. The number of hydrogen-bond donors (Lipinski definition) is 0. The lowest BCUT2D eigenvalue weighted by molar-refractivity contribution is -0.148. The molecule has 0 N–H and O–H groups in total. The molecule has 1 spiro atoms. The van der Waals surface area contributed by atoms with E-state index in [1.807, 2.05) is 6.20 Å². The van der Waals surface area contributed by atoms with Crippen LogP contribution in [0.15, 0.2) is 18.6 Å². The summed E-state index contributed by atoms with van der Waals surface area (Å²) in [4.78, 5) is 26.4. The van der Waals surface area contributed by atoms with Gasteiger partial charge in [0, 0.05) is 38.1 Å². The van der Waals surface area contributed by atoms with E-state index in [1.165, 1.54) is 32.1 Å². The van der Waals surface area contributed by atoms with Gasteiger partial charge in [-0.25, -0.2) is 4.98 Å². The number of carbonyl (C=O) groups excluding carboxylic acids is 1. The Bertz CT molecular complexity index is 557. The third kappa shape index (κ3) is 2.70. The summed E-state index contributed by atoms with van der Waals surface area (Å²) in [6.45, 7) is 2.70. The molecule has 0 aromatic carbocycles. The van der Waals surface area contributed by atoms with Crippen LogP contribution in [-0.2, 0) is 4.79 Å². The van der Waals surface area contributed by atoms with Gasteiger partial charge in [-0.15, -0.1) is 0 Å². The van der Waals surface area contributed by atoms with Gasteiger partial charge >= 0.3 is 0 Å². The molecule has 1 saturated carbocycles. The number of anilines is 1.